The monoisotopic (exact) mass is 331 g/mol. The molecular weight excluding hydrogens is 298 g/mol. The Kier molecular flexibility index (Phi) is 5.23. The summed E-state index contributed by atoms with van der Waals surface area (Å²) in [5, 5.41) is 0. The molecule has 4 nitrogen and oxygen atoms in total. The fourth-order valence-corrected chi connectivity index (χ4v) is 5.12. The molecule has 1 aromatic heterocycles. The second kappa shape index (κ2) is 7.57. The van der Waals surface area contributed by atoms with Crippen molar-refractivity contribution < 1.29 is 4.74 Å². The fourth-order valence-electron chi connectivity index (χ4n) is 5.12. The number of aryl methyl sites for hydroxylation is 1. The third-order valence-electron chi connectivity index (χ3n) is 6.45. The first kappa shape index (κ1) is 16.6. The first-order chi connectivity index (χ1) is 11.8. The molecule has 4 rings (SSSR count). The molecule has 24 heavy (non-hydrogen) atoms. The molecule has 1 unspecified atom stereocenters. The number of hydrogen-bond donors (Lipinski definition) is 0. The Labute approximate surface area is 146 Å². The Morgan fingerprint density at radius 1 is 1.08 bits per heavy atom. The standard InChI is InChI=1S/C20H33N3O/c1-16-13-21-20(18-8-11-24-12-9-18)23(16)19-7-10-22(15-19)14-17-5-3-2-4-6-17/h13,17-19H,2-12,14-15H2,1H3. The maximum atomic E-state index is 5.55. The summed E-state index contributed by atoms with van der Waals surface area (Å²) in [6.45, 7) is 7.86. The average Bonchev–Trinajstić information content (AvgIpc) is 3.23. The number of hydrogen-bond acceptors (Lipinski definition) is 3. The predicted octanol–water partition coefficient (Wildman–Crippen LogP) is 3.91. The van der Waals surface area contributed by atoms with E-state index in [9.17, 15) is 0 Å². The summed E-state index contributed by atoms with van der Waals surface area (Å²) in [6.07, 6.45) is 12.9. The molecule has 3 fully saturated rings. The van der Waals surface area contributed by atoms with Crippen molar-refractivity contribution in [3.8, 4) is 0 Å². The van der Waals surface area contributed by atoms with E-state index in [-0.39, 0.29) is 0 Å². The Hall–Kier alpha value is -0.870. The Morgan fingerprint density at radius 2 is 1.88 bits per heavy atom. The zero-order valence-corrected chi connectivity index (χ0v) is 15.3. The van der Waals surface area contributed by atoms with Gasteiger partial charge in [0.2, 0.25) is 0 Å². The maximum Gasteiger partial charge on any atom is 0.112 e. The molecule has 0 amide bonds. The molecule has 2 aliphatic heterocycles. The molecule has 3 heterocycles. The lowest BCUT2D eigenvalue weighted by Gasteiger charge is -2.28. The van der Waals surface area contributed by atoms with E-state index in [1.807, 2.05) is 0 Å². The molecule has 1 aromatic rings. The van der Waals surface area contributed by atoms with Gasteiger partial charge in [-0.3, -0.25) is 0 Å². The minimum Gasteiger partial charge on any atom is -0.381 e. The molecular formula is C20H33N3O. The summed E-state index contributed by atoms with van der Waals surface area (Å²) in [7, 11) is 0. The summed E-state index contributed by atoms with van der Waals surface area (Å²) >= 11 is 0. The largest absolute Gasteiger partial charge is 0.381 e. The van der Waals surface area contributed by atoms with Crippen LogP contribution in [0.5, 0.6) is 0 Å². The Morgan fingerprint density at radius 3 is 2.67 bits per heavy atom. The molecule has 134 valence electrons. The topological polar surface area (TPSA) is 30.3 Å². The smallest absolute Gasteiger partial charge is 0.112 e. The van der Waals surface area contributed by atoms with E-state index in [2.05, 4.69) is 22.6 Å². The van der Waals surface area contributed by atoms with E-state index in [0.29, 0.717) is 12.0 Å². The van der Waals surface area contributed by atoms with Crippen molar-refractivity contribution in [2.75, 3.05) is 32.8 Å². The molecule has 0 spiro atoms. The average molecular weight is 332 g/mol. The van der Waals surface area contributed by atoms with E-state index < -0.39 is 0 Å². The van der Waals surface area contributed by atoms with E-state index in [0.717, 1.165) is 32.0 Å². The van der Waals surface area contributed by atoms with Gasteiger partial charge in [0, 0.05) is 56.7 Å². The lowest BCUT2D eigenvalue weighted by atomic mass is 9.89. The van der Waals surface area contributed by atoms with Crippen molar-refractivity contribution in [3.05, 3.63) is 17.7 Å². The highest BCUT2D eigenvalue weighted by atomic mass is 16.5. The van der Waals surface area contributed by atoms with Gasteiger partial charge in [-0.25, -0.2) is 4.98 Å². The second-order valence-electron chi connectivity index (χ2n) is 8.22. The van der Waals surface area contributed by atoms with E-state index in [1.54, 1.807) is 0 Å². The summed E-state index contributed by atoms with van der Waals surface area (Å²) in [6, 6.07) is 0.633. The highest BCUT2D eigenvalue weighted by Crippen LogP contribution is 2.33. The Balaban J connectivity index is 1.41. The molecule has 0 bridgehead atoms. The molecule has 1 aliphatic carbocycles. The van der Waals surface area contributed by atoms with Crippen LogP contribution < -0.4 is 0 Å². The van der Waals surface area contributed by atoms with Crippen LogP contribution >= 0.6 is 0 Å². The number of imidazole rings is 1. The molecule has 2 saturated heterocycles. The summed E-state index contributed by atoms with van der Waals surface area (Å²) < 4.78 is 8.13. The van der Waals surface area contributed by atoms with Crippen molar-refractivity contribution in [3.63, 3.8) is 0 Å². The first-order valence-electron chi connectivity index (χ1n) is 10.1. The number of rotatable bonds is 4. The second-order valence-corrected chi connectivity index (χ2v) is 8.22. The number of nitrogens with zero attached hydrogens (tertiary/aromatic N) is 3. The predicted molar refractivity (Wildman–Crippen MR) is 96.4 cm³/mol. The molecule has 1 saturated carbocycles. The van der Waals surface area contributed by atoms with Gasteiger partial charge in [0.05, 0.1) is 0 Å². The quantitative estimate of drug-likeness (QED) is 0.838. The molecule has 0 radical (unpaired) electrons. The van der Waals surface area contributed by atoms with Crippen LogP contribution in [0.25, 0.3) is 0 Å². The van der Waals surface area contributed by atoms with Gasteiger partial charge in [0.25, 0.3) is 0 Å². The highest BCUT2D eigenvalue weighted by molar-refractivity contribution is 5.11. The lowest BCUT2D eigenvalue weighted by molar-refractivity contribution is 0.0824. The molecule has 0 N–H and O–H groups in total. The van der Waals surface area contributed by atoms with E-state index in [4.69, 9.17) is 9.72 Å². The van der Waals surface area contributed by atoms with Gasteiger partial charge in [-0.1, -0.05) is 19.3 Å². The van der Waals surface area contributed by atoms with Crippen molar-refractivity contribution in [2.24, 2.45) is 5.92 Å². The lowest BCUT2D eigenvalue weighted by Crippen LogP contribution is -2.29. The van der Waals surface area contributed by atoms with Gasteiger partial charge in [0.15, 0.2) is 0 Å². The van der Waals surface area contributed by atoms with Crippen LogP contribution in [0.1, 0.15) is 74.8 Å². The third-order valence-corrected chi connectivity index (χ3v) is 6.45. The zero-order valence-electron chi connectivity index (χ0n) is 15.3. The van der Waals surface area contributed by atoms with Crippen LogP contribution in [-0.2, 0) is 4.74 Å². The van der Waals surface area contributed by atoms with Gasteiger partial charge < -0.3 is 14.2 Å². The van der Waals surface area contributed by atoms with Gasteiger partial charge in [-0.05, 0) is 44.9 Å². The minimum absolute atomic E-state index is 0.597. The van der Waals surface area contributed by atoms with Crippen LogP contribution in [0.3, 0.4) is 0 Å². The van der Waals surface area contributed by atoms with Crippen molar-refractivity contribution in [1.82, 2.24) is 14.5 Å². The van der Waals surface area contributed by atoms with Gasteiger partial charge >= 0.3 is 0 Å². The van der Waals surface area contributed by atoms with Crippen LogP contribution in [0.15, 0.2) is 6.20 Å². The fraction of sp³-hybridized carbons (Fsp3) is 0.850. The SMILES string of the molecule is Cc1cnc(C2CCOCC2)n1C1CCN(CC2CCCCC2)C1. The van der Waals surface area contributed by atoms with Crippen LogP contribution in [0.4, 0.5) is 0 Å². The molecule has 0 aromatic carbocycles. The van der Waals surface area contributed by atoms with Crippen LogP contribution in [0, 0.1) is 12.8 Å². The third kappa shape index (κ3) is 3.55. The number of aromatic nitrogens is 2. The number of ether oxygens (including phenoxy) is 1. The maximum absolute atomic E-state index is 5.55. The van der Waals surface area contributed by atoms with E-state index in [1.165, 1.54) is 69.7 Å². The van der Waals surface area contributed by atoms with Gasteiger partial charge in [-0.15, -0.1) is 0 Å². The summed E-state index contributed by atoms with van der Waals surface area (Å²) in [4.78, 5) is 7.54. The van der Waals surface area contributed by atoms with Crippen LogP contribution in [-0.4, -0.2) is 47.3 Å². The van der Waals surface area contributed by atoms with Gasteiger partial charge in [-0.2, -0.15) is 0 Å². The minimum atomic E-state index is 0.597. The molecule has 4 heteroatoms. The zero-order chi connectivity index (χ0) is 16.4. The van der Waals surface area contributed by atoms with Crippen LogP contribution in [0.2, 0.25) is 0 Å². The van der Waals surface area contributed by atoms with Crippen molar-refractivity contribution in [2.45, 2.75) is 70.3 Å². The molecule has 3 aliphatic rings. The summed E-state index contributed by atoms with van der Waals surface area (Å²) in [5.41, 5.74) is 1.35. The normalized spacial score (nSPS) is 27.8. The van der Waals surface area contributed by atoms with Gasteiger partial charge in [0.1, 0.15) is 5.82 Å². The summed E-state index contributed by atoms with van der Waals surface area (Å²) in [5.74, 6) is 2.89. The highest BCUT2D eigenvalue weighted by Gasteiger charge is 2.30. The molecule has 1 atom stereocenters. The first-order valence-corrected chi connectivity index (χ1v) is 10.1. The van der Waals surface area contributed by atoms with E-state index >= 15 is 0 Å². The Bertz CT molecular complexity index is 529. The van der Waals surface area contributed by atoms with Crippen molar-refractivity contribution in [1.29, 1.82) is 0 Å². The number of likely N-dealkylation sites (tertiary alicyclic amines) is 1. The van der Waals surface area contributed by atoms with Crippen molar-refractivity contribution >= 4 is 0 Å².